The van der Waals surface area contributed by atoms with E-state index in [0.717, 1.165) is 0 Å². The van der Waals surface area contributed by atoms with E-state index in [2.05, 4.69) is 206 Å². The summed E-state index contributed by atoms with van der Waals surface area (Å²) in [4.78, 5) is 93.0. The summed E-state index contributed by atoms with van der Waals surface area (Å²) in [6.45, 7) is 80.7. The molecule has 0 spiro atoms. The van der Waals surface area contributed by atoms with Crippen molar-refractivity contribution in [3.8, 4) is 0 Å². The summed E-state index contributed by atoms with van der Waals surface area (Å²) < 4.78 is 0. The van der Waals surface area contributed by atoms with Crippen LogP contribution >= 0.6 is 47.5 Å². The van der Waals surface area contributed by atoms with Crippen LogP contribution < -0.4 is 0 Å². The zero-order valence-corrected chi connectivity index (χ0v) is 95.7. The molecule has 0 aromatic rings. The van der Waals surface area contributed by atoms with Gasteiger partial charge in [-0.2, -0.15) is 0 Å². The maximum Gasteiger partial charge on any atom is 2.00 e. The minimum absolute atomic E-state index is 0. The Bertz CT molecular complexity index is 864. The standard InChI is InChI=1S/6C12H27P.12CHO.10Pd/c6*1-4-7-10-13(11-8-5-2)12-9-6-3;12*1-2;;;;;;;;;;/h6*4-12H2,1-3H3;12*1H;;;;;;;;;;/q;;;;;;12*-1;;;;;;;;;;+2/p+6. The minimum atomic E-state index is 0. The Balaban J connectivity index is -0.0000000270. The molecule has 12 nitrogen and oxygen atoms in total. The number of rotatable bonds is 54. The molecule has 0 saturated heterocycles. The maximum absolute atomic E-state index is 7.75. The van der Waals surface area contributed by atoms with Crippen LogP contribution in [0.3, 0.4) is 0 Å². The third-order valence-corrected chi connectivity index (χ3v) is 35.0. The van der Waals surface area contributed by atoms with Gasteiger partial charge < -0.3 is 57.5 Å². The van der Waals surface area contributed by atoms with Crippen molar-refractivity contribution in [1.82, 2.24) is 0 Å². The molecule has 722 valence electrons. The van der Waals surface area contributed by atoms with E-state index < -0.39 is 0 Å². The van der Waals surface area contributed by atoms with E-state index in [-0.39, 0.29) is 252 Å². The van der Waals surface area contributed by atoms with Gasteiger partial charge in [-0.05, 0) is 116 Å². The molecule has 0 rings (SSSR count). The molecule has 0 aromatic carbocycles. The first-order chi connectivity index (χ1) is 50.1. The van der Waals surface area contributed by atoms with Gasteiger partial charge in [-0.25, -0.2) is 0 Å². The Hall–Kier alpha value is 5.24. The molecule has 0 amide bonds. The average molecular weight is 2630 g/mol. The molecule has 0 aromatic heterocycles. The first-order valence-electron chi connectivity index (χ1n) is 39.9. The Morgan fingerprint density at radius 2 is 0.152 bits per heavy atom. The third kappa shape index (κ3) is 252. The van der Waals surface area contributed by atoms with Gasteiger partial charge in [0.05, 0.1) is 111 Å². The molecule has 0 aliphatic carbocycles. The first-order valence-corrected chi connectivity index (χ1v) is 52.6. The summed E-state index contributed by atoms with van der Waals surface area (Å²) in [5.41, 5.74) is 0. The predicted octanol–water partition coefficient (Wildman–Crippen LogP) is 24.3. The van der Waals surface area contributed by atoms with Gasteiger partial charge in [0.2, 0.25) is 0 Å². The van der Waals surface area contributed by atoms with Crippen LogP contribution in [-0.4, -0.2) is 192 Å². The van der Waals surface area contributed by atoms with Gasteiger partial charge in [-0.3, -0.25) is 81.5 Å². The van der Waals surface area contributed by atoms with Crippen LogP contribution in [0.25, 0.3) is 0 Å². The zero-order chi connectivity index (χ0) is 83.6. The molecule has 0 heterocycles. The number of unbranched alkanes of at least 4 members (excludes halogenated alkanes) is 18. The molecule has 0 fully saturated rings. The topological polar surface area (TPSA) is 205 Å². The molecule has 0 atom stereocenters. The van der Waals surface area contributed by atoms with Gasteiger partial charge in [0, 0.05) is 231 Å². The zero-order valence-electron chi connectivity index (χ0n) is 74.2. The van der Waals surface area contributed by atoms with Crippen molar-refractivity contribution < 1.29 is 262 Å². The second-order valence-corrected chi connectivity index (χ2v) is 42.4. The summed E-state index contributed by atoms with van der Waals surface area (Å²) in [6.07, 6.45) is 80.4. The normalized spacial score (nSPS) is 8.14. The molecule has 28 heteroatoms. The van der Waals surface area contributed by atoms with Crippen LogP contribution in [0.4, 0.5) is 0 Å². The molecule has 0 N–H and O–H groups in total. The molecule has 0 aliphatic heterocycles. The van der Waals surface area contributed by atoms with Crippen LogP contribution in [0.1, 0.15) is 356 Å². The smallest absolute Gasteiger partial charge is 0.545 e. The van der Waals surface area contributed by atoms with Crippen molar-refractivity contribution in [2.75, 3.05) is 111 Å². The SMILES string of the molecule is CCCC[PH+](CCCC)CCCC.CCCC[PH+](CCCC)CCCC.CCCC[PH+](CCCC)CCCC.CCCC[PH+](CCCC)CCCC.CCCC[PH+](CCCC)CCCC.CCCC[PH+](CCCC)CCCC.[CH-]=O.[CH-]=O.[CH-]=O.[CH-]=O.[CH-]=O.[CH-]=O.[CH-]=O.[CH-]=O.[CH-]=O.[CH-]=O.[CH-]=O.[CH-]=O.[Pd+2].[Pd].[Pd].[Pd].[Pd].[Pd].[Pd].[Pd].[Pd].[Pd]. The largest absolute Gasteiger partial charge is 2.00 e. The van der Waals surface area contributed by atoms with Gasteiger partial charge in [0.1, 0.15) is 0 Å². The molecular weight excluding hydrogens is 2450 g/mol. The summed E-state index contributed by atoms with van der Waals surface area (Å²) >= 11 is 0. The minimum Gasteiger partial charge on any atom is -0.545 e. The molecule has 0 unspecified atom stereocenters. The Kier molecular flexibility index (Phi) is 460. The van der Waals surface area contributed by atoms with Gasteiger partial charge in [-0.15, -0.1) is 0 Å². The summed E-state index contributed by atoms with van der Waals surface area (Å²) in [5.74, 6) is 0. The van der Waals surface area contributed by atoms with E-state index in [0.29, 0.717) is 0 Å². The molecule has 0 saturated carbocycles. The van der Waals surface area contributed by atoms with Crippen molar-refractivity contribution in [2.24, 2.45) is 0 Å². The van der Waals surface area contributed by atoms with E-state index in [1.54, 1.807) is 111 Å². The van der Waals surface area contributed by atoms with Crippen molar-refractivity contribution in [3.63, 3.8) is 0 Å². The van der Waals surface area contributed by atoms with E-state index >= 15 is 0 Å². The van der Waals surface area contributed by atoms with Gasteiger partial charge >= 0.3 is 20.4 Å². The fraction of sp³-hybridized carbons (Fsp3) is 0.857. The summed E-state index contributed by atoms with van der Waals surface area (Å²) in [7, 11) is 0.405. The van der Waals surface area contributed by atoms with Crippen LogP contribution in [0.15, 0.2) is 0 Å². The number of hydrogen-bond donors (Lipinski definition) is 0. The van der Waals surface area contributed by atoms with Crippen molar-refractivity contribution in [1.29, 1.82) is 0 Å². The number of carbonyl (C=O) groups excluding carboxylic acids is 12. The Morgan fingerprint density at radius 3 is 0.179 bits per heavy atom. The second kappa shape index (κ2) is 259. The molecular formula is C84H180O12P6Pd10-4. The molecule has 0 radical (unpaired) electrons. The van der Waals surface area contributed by atoms with E-state index in [1.165, 1.54) is 231 Å². The first kappa shape index (κ1) is 199. The molecule has 112 heavy (non-hydrogen) atoms. The van der Waals surface area contributed by atoms with Gasteiger partial charge in [-0.1, -0.05) is 240 Å². The fourth-order valence-electron chi connectivity index (χ4n) is 9.93. The van der Waals surface area contributed by atoms with E-state index in [1.807, 2.05) is 0 Å². The second-order valence-electron chi connectivity index (χ2n) is 24.4. The van der Waals surface area contributed by atoms with E-state index in [4.69, 9.17) is 57.5 Å². The van der Waals surface area contributed by atoms with Crippen LogP contribution in [0.5, 0.6) is 0 Å². The summed E-state index contributed by atoms with van der Waals surface area (Å²) in [5, 5.41) is 0. The quantitative estimate of drug-likeness (QED) is 0.0241. The van der Waals surface area contributed by atoms with Crippen molar-refractivity contribution >= 4 is 129 Å². The Labute approximate surface area is 847 Å². The molecule has 0 aliphatic rings. The molecule has 0 bridgehead atoms. The Morgan fingerprint density at radius 1 is 0.116 bits per heavy atom. The number of hydrogen-bond acceptors (Lipinski definition) is 12. The van der Waals surface area contributed by atoms with Crippen LogP contribution in [0.2, 0.25) is 0 Å². The van der Waals surface area contributed by atoms with Gasteiger partial charge in [0.25, 0.3) is 0 Å². The maximum atomic E-state index is 7.75. The van der Waals surface area contributed by atoms with Gasteiger partial charge in [0.15, 0.2) is 0 Å². The van der Waals surface area contributed by atoms with E-state index in [9.17, 15) is 0 Å². The van der Waals surface area contributed by atoms with Crippen LogP contribution in [-0.2, 0) is 262 Å². The van der Waals surface area contributed by atoms with Crippen molar-refractivity contribution in [3.05, 3.63) is 0 Å². The van der Waals surface area contributed by atoms with Crippen LogP contribution in [0, 0.1) is 0 Å². The summed E-state index contributed by atoms with van der Waals surface area (Å²) in [6, 6.07) is 0. The fourth-order valence-corrected chi connectivity index (χ4v) is 29.8. The third-order valence-electron chi connectivity index (χ3n) is 15.9. The monoisotopic (exact) mass is 2630 g/mol. The van der Waals surface area contributed by atoms with Crippen molar-refractivity contribution in [2.45, 2.75) is 356 Å². The average Bonchev–Trinajstić information content (AvgIpc) is 1.07. The predicted molar refractivity (Wildman–Crippen MR) is 487 cm³/mol.